The summed E-state index contributed by atoms with van der Waals surface area (Å²) in [7, 11) is 0. The van der Waals surface area contributed by atoms with Gasteiger partial charge in [0.15, 0.2) is 5.82 Å². The number of aromatic nitrogens is 1. The summed E-state index contributed by atoms with van der Waals surface area (Å²) in [6.07, 6.45) is 3.92. The largest absolute Gasteiger partial charge is 0.360 e. The van der Waals surface area contributed by atoms with Crippen molar-refractivity contribution in [3.05, 3.63) is 11.8 Å². The molecule has 0 aromatic carbocycles. The normalized spacial score (nSPS) is 23.4. The van der Waals surface area contributed by atoms with E-state index in [1.807, 2.05) is 6.92 Å². The lowest BCUT2D eigenvalue weighted by Crippen LogP contribution is -2.46. The number of anilines is 1. The molecule has 134 valence electrons. The van der Waals surface area contributed by atoms with Gasteiger partial charge in [-0.05, 0) is 51.1 Å². The average Bonchev–Trinajstić information content (AvgIpc) is 3.27. The lowest BCUT2D eigenvalue weighted by molar-refractivity contribution is -0.117. The quantitative estimate of drug-likeness (QED) is 0.865. The van der Waals surface area contributed by atoms with Gasteiger partial charge in [-0.3, -0.25) is 14.6 Å². The second kappa shape index (κ2) is 7.66. The predicted octanol–water partition coefficient (Wildman–Crippen LogP) is 2.36. The van der Waals surface area contributed by atoms with Crippen molar-refractivity contribution in [3.63, 3.8) is 0 Å². The maximum atomic E-state index is 12.3. The number of carbonyl (C=O) groups excluding carboxylic acids is 1. The topological polar surface area (TPSA) is 61.6 Å². The summed E-state index contributed by atoms with van der Waals surface area (Å²) in [5.74, 6) is 2.71. The van der Waals surface area contributed by atoms with Gasteiger partial charge in [0.25, 0.3) is 0 Å². The Kier molecular flexibility index (Phi) is 5.56. The summed E-state index contributed by atoms with van der Waals surface area (Å²) >= 11 is 0. The third kappa shape index (κ3) is 4.80. The van der Waals surface area contributed by atoms with Crippen molar-refractivity contribution in [3.8, 4) is 0 Å². The molecule has 1 atom stereocenters. The predicted molar refractivity (Wildman–Crippen MR) is 93.8 cm³/mol. The molecule has 1 amide bonds. The first kappa shape index (κ1) is 17.4. The van der Waals surface area contributed by atoms with Crippen LogP contribution in [0.1, 0.15) is 38.9 Å². The summed E-state index contributed by atoms with van der Waals surface area (Å²) in [6.45, 7) is 11.2. The van der Waals surface area contributed by atoms with E-state index in [4.69, 9.17) is 4.52 Å². The Morgan fingerprint density at radius 2 is 2.21 bits per heavy atom. The van der Waals surface area contributed by atoms with Crippen LogP contribution in [0, 0.1) is 18.8 Å². The lowest BCUT2D eigenvalue weighted by Gasteiger charge is -2.34. The minimum Gasteiger partial charge on any atom is -0.360 e. The molecule has 1 aromatic heterocycles. The Balaban J connectivity index is 1.55. The smallest absolute Gasteiger partial charge is 0.239 e. The Hall–Kier alpha value is -1.40. The Bertz CT molecular complexity index is 553. The number of amides is 1. The molecule has 3 rings (SSSR count). The number of hydrogen-bond acceptors (Lipinski definition) is 5. The van der Waals surface area contributed by atoms with Gasteiger partial charge in [-0.25, -0.2) is 0 Å². The van der Waals surface area contributed by atoms with Crippen LogP contribution in [0.4, 0.5) is 5.82 Å². The molecule has 2 heterocycles. The van der Waals surface area contributed by atoms with E-state index in [1.165, 1.54) is 19.4 Å². The zero-order valence-corrected chi connectivity index (χ0v) is 15.1. The highest BCUT2D eigenvalue weighted by Crippen LogP contribution is 2.31. The molecule has 0 spiro atoms. The molecule has 1 saturated carbocycles. The van der Waals surface area contributed by atoms with Crippen LogP contribution in [0.2, 0.25) is 0 Å². The highest BCUT2D eigenvalue weighted by atomic mass is 16.5. The summed E-state index contributed by atoms with van der Waals surface area (Å²) in [4.78, 5) is 17.3. The third-order valence-electron chi connectivity index (χ3n) is 5.06. The number of hydrogen-bond donors (Lipinski definition) is 1. The first-order valence-corrected chi connectivity index (χ1v) is 9.21. The molecule has 0 unspecified atom stereocenters. The zero-order valence-electron chi connectivity index (χ0n) is 15.1. The molecule has 24 heavy (non-hydrogen) atoms. The Morgan fingerprint density at radius 3 is 2.83 bits per heavy atom. The molecule has 2 aliphatic rings. The van der Waals surface area contributed by atoms with Crippen molar-refractivity contribution in [2.75, 3.05) is 38.0 Å². The van der Waals surface area contributed by atoms with Gasteiger partial charge in [0.05, 0.1) is 6.54 Å². The van der Waals surface area contributed by atoms with Gasteiger partial charge in [0.2, 0.25) is 5.91 Å². The monoisotopic (exact) mass is 334 g/mol. The number of nitrogens with one attached hydrogen (secondary N) is 1. The van der Waals surface area contributed by atoms with Crippen LogP contribution in [-0.4, -0.2) is 59.6 Å². The molecular weight excluding hydrogens is 304 g/mol. The van der Waals surface area contributed by atoms with Crippen molar-refractivity contribution in [2.24, 2.45) is 11.8 Å². The first-order valence-electron chi connectivity index (χ1n) is 9.21. The Morgan fingerprint density at radius 1 is 1.42 bits per heavy atom. The van der Waals surface area contributed by atoms with E-state index in [9.17, 15) is 4.79 Å². The highest BCUT2D eigenvalue weighted by Gasteiger charge is 2.32. The van der Waals surface area contributed by atoms with Crippen molar-refractivity contribution in [1.29, 1.82) is 0 Å². The van der Waals surface area contributed by atoms with Crippen LogP contribution in [-0.2, 0) is 4.79 Å². The van der Waals surface area contributed by atoms with Gasteiger partial charge in [-0.1, -0.05) is 19.0 Å². The molecule has 1 aliphatic carbocycles. The number of carbonyl (C=O) groups is 1. The molecular formula is C18H30N4O2. The van der Waals surface area contributed by atoms with Gasteiger partial charge >= 0.3 is 0 Å². The second-order valence-corrected chi connectivity index (χ2v) is 7.71. The van der Waals surface area contributed by atoms with Crippen molar-refractivity contribution < 1.29 is 9.32 Å². The van der Waals surface area contributed by atoms with E-state index in [2.05, 4.69) is 34.1 Å². The summed E-state index contributed by atoms with van der Waals surface area (Å²) in [5.41, 5.74) is 0. The van der Waals surface area contributed by atoms with Crippen LogP contribution in [0.5, 0.6) is 0 Å². The number of aryl methyl sites for hydroxylation is 1. The molecule has 0 bridgehead atoms. The lowest BCUT2D eigenvalue weighted by atomic mass is 10.0. The van der Waals surface area contributed by atoms with E-state index in [-0.39, 0.29) is 5.91 Å². The van der Waals surface area contributed by atoms with Crippen LogP contribution in [0.3, 0.4) is 0 Å². The van der Waals surface area contributed by atoms with Crippen LogP contribution in [0.15, 0.2) is 10.6 Å². The fourth-order valence-electron chi connectivity index (χ4n) is 3.58. The SMILES string of the molecule is Cc1cc(NC(=O)CN2CCCN(CC3CC3)[C@H](C(C)C)C2)no1. The van der Waals surface area contributed by atoms with E-state index >= 15 is 0 Å². The van der Waals surface area contributed by atoms with E-state index in [0.29, 0.717) is 30.1 Å². The molecule has 1 saturated heterocycles. The third-order valence-corrected chi connectivity index (χ3v) is 5.06. The molecule has 0 radical (unpaired) electrons. The fraction of sp³-hybridized carbons (Fsp3) is 0.778. The minimum absolute atomic E-state index is 0.0125. The van der Waals surface area contributed by atoms with Gasteiger partial charge in [-0.2, -0.15) is 0 Å². The fourth-order valence-corrected chi connectivity index (χ4v) is 3.58. The molecule has 6 nitrogen and oxygen atoms in total. The zero-order chi connectivity index (χ0) is 17.1. The van der Waals surface area contributed by atoms with E-state index in [0.717, 1.165) is 32.0 Å². The van der Waals surface area contributed by atoms with Crippen molar-refractivity contribution in [1.82, 2.24) is 15.0 Å². The number of nitrogens with zero attached hydrogens (tertiary/aromatic N) is 3. The number of rotatable bonds is 6. The summed E-state index contributed by atoms with van der Waals surface area (Å²) in [6, 6.07) is 2.28. The van der Waals surface area contributed by atoms with E-state index in [1.54, 1.807) is 6.07 Å². The van der Waals surface area contributed by atoms with Gasteiger partial charge < -0.3 is 9.84 Å². The van der Waals surface area contributed by atoms with Gasteiger partial charge in [0, 0.05) is 25.2 Å². The summed E-state index contributed by atoms with van der Waals surface area (Å²) in [5, 5.41) is 6.66. The van der Waals surface area contributed by atoms with Crippen molar-refractivity contribution in [2.45, 2.75) is 46.1 Å². The standard InChI is InChI=1S/C18H30N4O2/c1-13(2)16-11-21(7-4-8-22(16)10-15-5-6-15)12-18(23)19-17-9-14(3)24-20-17/h9,13,15-16H,4-8,10-12H2,1-3H3,(H,19,20,23)/t16-/m0/s1. The highest BCUT2D eigenvalue weighted by molar-refractivity contribution is 5.91. The van der Waals surface area contributed by atoms with Crippen LogP contribution in [0.25, 0.3) is 0 Å². The molecule has 6 heteroatoms. The molecule has 2 fully saturated rings. The van der Waals surface area contributed by atoms with Crippen LogP contribution >= 0.6 is 0 Å². The van der Waals surface area contributed by atoms with Gasteiger partial charge in [0.1, 0.15) is 5.76 Å². The molecule has 1 aromatic rings. The van der Waals surface area contributed by atoms with Gasteiger partial charge in [-0.15, -0.1) is 0 Å². The second-order valence-electron chi connectivity index (χ2n) is 7.71. The molecule has 1 aliphatic heterocycles. The first-order chi connectivity index (χ1) is 11.5. The van der Waals surface area contributed by atoms with Crippen LogP contribution < -0.4 is 5.32 Å². The van der Waals surface area contributed by atoms with Crippen molar-refractivity contribution >= 4 is 11.7 Å². The minimum atomic E-state index is -0.0125. The summed E-state index contributed by atoms with van der Waals surface area (Å²) < 4.78 is 5.00. The maximum Gasteiger partial charge on any atom is 0.239 e. The average molecular weight is 334 g/mol. The van der Waals surface area contributed by atoms with E-state index < -0.39 is 0 Å². The maximum absolute atomic E-state index is 12.3. The molecule has 1 N–H and O–H groups in total. The Labute approximate surface area is 144 Å².